The molecule has 10 heteroatoms. The summed E-state index contributed by atoms with van der Waals surface area (Å²) < 4.78 is 19.0. The second-order valence-electron chi connectivity index (χ2n) is 8.72. The van der Waals surface area contributed by atoms with Crippen molar-refractivity contribution in [3.05, 3.63) is 57.3 Å². The largest absolute Gasteiger partial charge is 0.363 e. The lowest BCUT2D eigenvalue weighted by molar-refractivity contribution is 0.166. The molecule has 1 aliphatic rings. The fourth-order valence-corrected chi connectivity index (χ4v) is 5.64. The highest BCUT2D eigenvalue weighted by molar-refractivity contribution is 7.16. The standard InChI is InChI=1S/C24H26FN7OS/c1-4-17-13-30(15(2)18-5-6-19-23(22(18)25)34-14-27-19)9-10-31(17)20-11-21(33)29(3)32-12-16(7-8-26)28-24(20)32/h5-6,11-12,14-15,17H,4,7,9-10,13H2,1-3H3. The first-order valence-electron chi connectivity index (χ1n) is 11.4. The summed E-state index contributed by atoms with van der Waals surface area (Å²) >= 11 is 1.33. The van der Waals surface area contributed by atoms with Crippen LogP contribution < -0.4 is 10.5 Å². The summed E-state index contributed by atoms with van der Waals surface area (Å²) in [6.45, 7) is 6.33. The monoisotopic (exact) mass is 479 g/mol. The number of nitrogens with zero attached hydrogens (tertiary/aromatic N) is 7. The molecule has 176 valence electrons. The molecule has 1 saturated heterocycles. The number of imidazole rings is 1. The van der Waals surface area contributed by atoms with Gasteiger partial charge in [-0.2, -0.15) is 5.26 Å². The highest BCUT2D eigenvalue weighted by atomic mass is 32.1. The number of aromatic nitrogens is 4. The zero-order valence-corrected chi connectivity index (χ0v) is 20.2. The van der Waals surface area contributed by atoms with Crippen molar-refractivity contribution in [2.45, 2.75) is 38.8 Å². The second kappa shape index (κ2) is 8.81. The minimum atomic E-state index is -0.182. The minimum Gasteiger partial charge on any atom is -0.363 e. The number of halogens is 1. The molecule has 3 aromatic heterocycles. The predicted molar refractivity (Wildman–Crippen MR) is 131 cm³/mol. The maximum Gasteiger partial charge on any atom is 0.267 e. The van der Waals surface area contributed by atoms with Crippen molar-refractivity contribution in [3.8, 4) is 6.07 Å². The maximum absolute atomic E-state index is 15.2. The molecule has 8 nitrogen and oxygen atoms in total. The molecular weight excluding hydrogens is 453 g/mol. The number of hydrogen-bond donors (Lipinski definition) is 0. The molecule has 5 rings (SSSR count). The Morgan fingerprint density at radius 2 is 2.18 bits per heavy atom. The number of nitriles is 1. The van der Waals surface area contributed by atoms with Crippen molar-refractivity contribution in [3.63, 3.8) is 0 Å². The molecule has 0 aliphatic carbocycles. The highest BCUT2D eigenvalue weighted by Gasteiger charge is 2.32. The first kappa shape index (κ1) is 22.5. The van der Waals surface area contributed by atoms with E-state index >= 15 is 4.39 Å². The maximum atomic E-state index is 15.2. The highest BCUT2D eigenvalue weighted by Crippen LogP contribution is 2.33. The van der Waals surface area contributed by atoms with Crippen LogP contribution in [-0.2, 0) is 13.5 Å². The van der Waals surface area contributed by atoms with Gasteiger partial charge < -0.3 is 4.90 Å². The number of fused-ring (bicyclic) bond motifs is 2. The van der Waals surface area contributed by atoms with Crippen LogP contribution in [0, 0.1) is 17.1 Å². The Labute approximate surface area is 200 Å². The van der Waals surface area contributed by atoms with Crippen molar-refractivity contribution >= 4 is 32.9 Å². The van der Waals surface area contributed by atoms with E-state index < -0.39 is 0 Å². The van der Waals surface area contributed by atoms with Crippen LogP contribution in [0.3, 0.4) is 0 Å². The molecule has 0 spiro atoms. The third-order valence-electron chi connectivity index (χ3n) is 6.89. The molecule has 4 aromatic rings. The van der Waals surface area contributed by atoms with Gasteiger partial charge in [0.25, 0.3) is 5.56 Å². The van der Waals surface area contributed by atoms with Gasteiger partial charge in [-0.15, -0.1) is 11.3 Å². The van der Waals surface area contributed by atoms with E-state index in [2.05, 4.69) is 32.8 Å². The molecule has 0 N–H and O–H groups in total. The van der Waals surface area contributed by atoms with Crippen molar-refractivity contribution < 1.29 is 4.39 Å². The van der Waals surface area contributed by atoms with Crippen LogP contribution in [0.15, 0.2) is 34.7 Å². The van der Waals surface area contributed by atoms with Crippen LogP contribution in [0.5, 0.6) is 0 Å². The molecule has 2 atom stereocenters. The summed E-state index contributed by atoms with van der Waals surface area (Å²) in [5, 5.41) is 9.09. The molecule has 1 fully saturated rings. The number of rotatable bonds is 5. The number of thiazole rings is 1. The molecule has 1 aliphatic heterocycles. The zero-order chi connectivity index (χ0) is 24.0. The smallest absolute Gasteiger partial charge is 0.267 e. The van der Waals surface area contributed by atoms with Gasteiger partial charge in [-0.1, -0.05) is 13.0 Å². The molecule has 0 radical (unpaired) electrons. The van der Waals surface area contributed by atoms with E-state index in [-0.39, 0.29) is 29.9 Å². The quantitative estimate of drug-likeness (QED) is 0.436. The van der Waals surface area contributed by atoms with Crippen molar-refractivity contribution in [1.29, 1.82) is 5.26 Å². The molecule has 0 bridgehead atoms. The number of piperazine rings is 1. The van der Waals surface area contributed by atoms with Crippen LogP contribution in [-0.4, -0.2) is 49.7 Å². The Balaban J connectivity index is 1.46. The number of benzene rings is 1. The third kappa shape index (κ3) is 3.65. The van der Waals surface area contributed by atoms with Gasteiger partial charge in [0.05, 0.1) is 45.8 Å². The Hall–Kier alpha value is -3.29. The number of aryl methyl sites for hydroxylation is 1. The van der Waals surface area contributed by atoms with Gasteiger partial charge in [-0.05, 0) is 19.4 Å². The average Bonchev–Trinajstić information content (AvgIpc) is 3.49. The summed E-state index contributed by atoms with van der Waals surface area (Å²) in [6.07, 6.45) is 2.81. The van der Waals surface area contributed by atoms with E-state index in [1.165, 1.54) is 16.0 Å². The van der Waals surface area contributed by atoms with E-state index in [4.69, 9.17) is 5.26 Å². The fraction of sp³-hybridized carbons (Fsp3) is 0.417. The van der Waals surface area contributed by atoms with Gasteiger partial charge >= 0.3 is 0 Å². The topological polar surface area (TPSA) is 82.5 Å². The van der Waals surface area contributed by atoms with Gasteiger partial charge in [-0.25, -0.2) is 23.6 Å². The molecule has 2 unspecified atom stereocenters. The van der Waals surface area contributed by atoms with E-state index in [0.717, 1.165) is 25.2 Å². The third-order valence-corrected chi connectivity index (χ3v) is 7.73. The van der Waals surface area contributed by atoms with E-state index in [1.807, 2.05) is 19.1 Å². The van der Waals surface area contributed by atoms with Crippen LogP contribution in [0.1, 0.15) is 37.6 Å². The lowest BCUT2D eigenvalue weighted by Crippen LogP contribution is -2.54. The normalized spacial score (nSPS) is 18.0. The van der Waals surface area contributed by atoms with Gasteiger partial charge in [0.15, 0.2) is 5.65 Å². The minimum absolute atomic E-state index is 0.0833. The zero-order valence-electron chi connectivity index (χ0n) is 19.4. The van der Waals surface area contributed by atoms with Gasteiger partial charge in [-0.3, -0.25) is 9.69 Å². The molecule has 34 heavy (non-hydrogen) atoms. The number of hydrogen-bond acceptors (Lipinski definition) is 7. The van der Waals surface area contributed by atoms with Gasteiger partial charge in [0.1, 0.15) is 5.82 Å². The van der Waals surface area contributed by atoms with E-state index in [0.29, 0.717) is 33.7 Å². The van der Waals surface area contributed by atoms with Crippen molar-refractivity contribution in [2.75, 3.05) is 24.5 Å². The molecular formula is C24H26FN7OS. The van der Waals surface area contributed by atoms with Crippen molar-refractivity contribution in [1.82, 2.24) is 24.1 Å². The van der Waals surface area contributed by atoms with Gasteiger partial charge in [0.2, 0.25) is 0 Å². The number of anilines is 1. The van der Waals surface area contributed by atoms with Gasteiger partial charge in [0, 0.05) is 50.4 Å². The summed E-state index contributed by atoms with van der Waals surface area (Å²) in [5.41, 5.74) is 5.02. The Bertz CT molecular complexity index is 1470. The summed E-state index contributed by atoms with van der Waals surface area (Å²) in [6, 6.07) is 7.56. The Morgan fingerprint density at radius 3 is 2.94 bits per heavy atom. The van der Waals surface area contributed by atoms with E-state index in [9.17, 15) is 4.79 Å². The lowest BCUT2D eigenvalue weighted by Gasteiger charge is -2.44. The SMILES string of the molecule is CCC1CN(C(C)c2ccc3ncsc3c2F)CCN1c1cc(=O)n(C)n2cc(CC#N)nc12. The van der Waals surface area contributed by atoms with Crippen LogP contribution >= 0.6 is 11.3 Å². The van der Waals surface area contributed by atoms with E-state index in [1.54, 1.807) is 29.3 Å². The average molecular weight is 480 g/mol. The summed E-state index contributed by atoms with van der Waals surface area (Å²) in [5.74, 6) is -0.182. The van der Waals surface area contributed by atoms with Crippen molar-refractivity contribution in [2.24, 2.45) is 7.05 Å². The van der Waals surface area contributed by atoms with Crippen LogP contribution in [0.4, 0.5) is 10.1 Å². The summed E-state index contributed by atoms with van der Waals surface area (Å²) in [4.78, 5) is 26.1. The van der Waals surface area contributed by atoms with Crippen LogP contribution in [0.2, 0.25) is 0 Å². The molecule has 0 amide bonds. The first-order valence-corrected chi connectivity index (χ1v) is 12.3. The Kier molecular flexibility index (Phi) is 5.83. The fourth-order valence-electron chi connectivity index (χ4n) is 4.91. The Morgan fingerprint density at radius 1 is 1.35 bits per heavy atom. The lowest BCUT2D eigenvalue weighted by atomic mass is 10.0. The first-order chi connectivity index (χ1) is 16.4. The summed E-state index contributed by atoms with van der Waals surface area (Å²) in [7, 11) is 1.70. The molecule has 0 saturated carbocycles. The molecule has 1 aromatic carbocycles. The predicted octanol–water partition coefficient (Wildman–Crippen LogP) is 3.51. The molecule has 4 heterocycles. The van der Waals surface area contributed by atoms with Crippen LogP contribution in [0.25, 0.3) is 15.9 Å². The second-order valence-corrected chi connectivity index (χ2v) is 9.58.